The van der Waals surface area contributed by atoms with Crippen LogP contribution < -0.4 is 10.2 Å². The summed E-state index contributed by atoms with van der Waals surface area (Å²) in [4.78, 5) is 25.9. The maximum atomic E-state index is 12.7. The van der Waals surface area contributed by atoms with Gasteiger partial charge in [-0.25, -0.2) is 13.2 Å². The van der Waals surface area contributed by atoms with Gasteiger partial charge in [0.25, 0.3) is 0 Å². The molecule has 0 aromatic heterocycles. The second-order valence-corrected chi connectivity index (χ2v) is 8.77. The minimum Gasteiger partial charge on any atom is -0.449 e. The van der Waals surface area contributed by atoms with E-state index in [4.69, 9.17) is 4.74 Å². The van der Waals surface area contributed by atoms with E-state index in [0.29, 0.717) is 30.8 Å². The molecule has 1 fully saturated rings. The minimum absolute atomic E-state index is 0.0473. The quantitative estimate of drug-likeness (QED) is 0.744. The van der Waals surface area contributed by atoms with Gasteiger partial charge >= 0.3 is 6.09 Å². The molecular formula is C19H29N3O5S. The highest BCUT2D eigenvalue weighted by Gasteiger charge is 2.36. The van der Waals surface area contributed by atoms with Crippen LogP contribution in [0.15, 0.2) is 24.3 Å². The van der Waals surface area contributed by atoms with Crippen LogP contribution in [0.25, 0.3) is 0 Å². The third-order valence-electron chi connectivity index (χ3n) is 4.64. The molecule has 1 aromatic rings. The first-order valence-electron chi connectivity index (χ1n) is 9.61. The Morgan fingerprint density at radius 3 is 2.50 bits per heavy atom. The third-order valence-corrected chi connectivity index (χ3v) is 6.72. The summed E-state index contributed by atoms with van der Waals surface area (Å²) in [6, 6.07) is 6.05. The molecule has 28 heavy (non-hydrogen) atoms. The Labute approximate surface area is 166 Å². The van der Waals surface area contributed by atoms with E-state index in [0.717, 1.165) is 12.8 Å². The largest absolute Gasteiger partial charge is 0.449 e. The molecule has 2 rings (SSSR count). The summed E-state index contributed by atoms with van der Waals surface area (Å²) < 4.78 is 31.3. The van der Waals surface area contributed by atoms with Crippen molar-refractivity contribution in [2.45, 2.75) is 45.6 Å². The van der Waals surface area contributed by atoms with Crippen molar-refractivity contribution < 1.29 is 22.7 Å². The fourth-order valence-electron chi connectivity index (χ4n) is 3.19. The van der Waals surface area contributed by atoms with Crippen LogP contribution in [-0.4, -0.2) is 56.7 Å². The molecule has 1 aliphatic rings. The summed E-state index contributed by atoms with van der Waals surface area (Å²) in [5.41, 5.74) is 1.17. The number of ether oxygens (including phenoxy) is 1. The van der Waals surface area contributed by atoms with Crippen molar-refractivity contribution >= 4 is 33.4 Å². The van der Waals surface area contributed by atoms with E-state index in [1.165, 1.54) is 9.21 Å². The molecule has 0 radical (unpaired) electrons. The summed E-state index contributed by atoms with van der Waals surface area (Å²) in [5, 5.41) is 2.80. The fraction of sp³-hybridized carbons (Fsp3) is 0.579. The highest BCUT2D eigenvalue weighted by molar-refractivity contribution is 7.89. The van der Waals surface area contributed by atoms with E-state index in [-0.39, 0.29) is 18.3 Å². The Hall–Kier alpha value is -2.13. The summed E-state index contributed by atoms with van der Waals surface area (Å²) in [6.45, 7) is 4.21. The van der Waals surface area contributed by atoms with E-state index in [9.17, 15) is 18.0 Å². The normalized spacial score (nSPS) is 17.8. The van der Waals surface area contributed by atoms with Gasteiger partial charge in [-0.15, -0.1) is 0 Å². The maximum Gasteiger partial charge on any atom is 0.413 e. The van der Waals surface area contributed by atoms with Crippen molar-refractivity contribution in [2.24, 2.45) is 0 Å². The van der Waals surface area contributed by atoms with E-state index in [1.807, 2.05) is 6.92 Å². The topological polar surface area (TPSA) is 96.0 Å². The van der Waals surface area contributed by atoms with Crippen LogP contribution in [0.2, 0.25) is 0 Å². The average molecular weight is 412 g/mol. The molecule has 0 saturated carbocycles. The first-order valence-corrected chi connectivity index (χ1v) is 11.2. The molecule has 1 atom stereocenters. The van der Waals surface area contributed by atoms with Crippen LogP contribution in [0.3, 0.4) is 0 Å². The van der Waals surface area contributed by atoms with Gasteiger partial charge < -0.3 is 10.1 Å². The molecule has 9 heteroatoms. The number of sulfonamides is 1. The second-order valence-electron chi connectivity index (χ2n) is 6.73. The number of nitrogens with zero attached hydrogens (tertiary/aromatic N) is 2. The number of rotatable bonds is 7. The van der Waals surface area contributed by atoms with Gasteiger partial charge in [0.2, 0.25) is 15.9 Å². The second kappa shape index (κ2) is 9.88. The zero-order valence-electron chi connectivity index (χ0n) is 16.7. The Bertz CT molecular complexity index is 779. The zero-order chi connectivity index (χ0) is 20.7. The zero-order valence-corrected chi connectivity index (χ0v) is 17.5. The van der Waals surface area contributed by atoms with Gasteiger partial charge in [0, 0.05) is 25.0 Å². The number of hydrogen-bond acceptors (Lipinski definition) is 5. The monoisotopic (exact) mass is 411 g/mol. The molecule has 1 aromatic carbocycles. The molecule has 1 unspecified atom stereocenters. The fourth-order valence-corrected chi connectivity index (χ4v) is 4.94. The van der Waals surface area contributed by atoms with Crippen molar-refractivity contribution in [3.05, 3.63) is 24.3 Å². The number of piperidine rings is 1. The molecule has 0 aliphatic carbocycles. The summed E-state index contributed by atoms with van der Waals surface area (Å²) in [7, 11) is -1.84. The Kier molecular flexibility index (Phi) is 7.82. The number of benzene rings is 1. The SMILES string of the molecule is CCCS(=O)(=O)N1CCCCC1C(=O)Nc1ccc(N(C)C(=O)OCC)cc1. The van der Waals surface area contributed by atoms with Crippen molar-refractivity contribution in [3.63, 3.8) is 0 Å². The summed E-state index contributed by atoms with van der Waals surface area (Å²) >= 11 is 0. The van der Waals surface area contributed by atoms with Crippen LogP contribution in [0, 0.1) is 0 Å². The molecule has 1 N–H and O–H groups in total. The molecule has 0 bridgehead atoms. The standard InChI is InChI=1S/C19H29N3O5S/c1-4-14-28(25,26)22-13-7-6-8-17(22)18(23)20-15-9-11-16(12-10-15)21(3)19(24)27-5-2/h9-12,17H,4-8,13-14H2,1-3H3,(H,20,23). The average Bonchev–Trinajstić information content (AvgIpc) is 2.68. The summed E-state index contributed by atoms with van der Waals surface area (Å²) in [5.74, 6) is -0.281. The smallest absolute Gasteiger partial charge is 0.413 e. The molecule has 2 amide bonds. The van der Waals surface area contributed by atoms with E-state index in [1.54, 1.807) is 38.2 Å². The molecule has 8 nitrogen and oxygen atoms in total. The first kappa shape index (κ1) is 22.2. The number of amides is 2. The lowest BCUT2D eigenvalue weighted by Crippen LogP contribution is -2.50. The van der Waals surface area contributed by atoms with Gasteiger partial charge in [-0.2, -0.15) is 4.31 Å². The minimum atomic E-state index is -3.44. The summed E-state index contributed by atoms with van der Waals surface area (Å²) in [6.07, 6.45) is 2.15. The molecular weight excluding hydrogens is 382 g/mol. The van der Waals surface area contributed by atoms with Crippen molar-refractivity contribution in [2.75, 3.05) is 36.2 Å². The van der Waals surface area contributed by atoms with Crippen LogP contribution in [-0.2, 0) is 19.6 Å². The van der Waals surface area contributed by atoms with Crippen LogP contribution in [0.5, 0.6) is 0 Å². The molecule has 156 valence electrons. The van der Waals surface area contributed by atoms with Gasteiger partial charge in [-0.1, -0.05) is 13.3 Å². The van der Waals surface area contributed by atoms with Gasteiger partial charge in [-0.3, -0.25) is 9.69 Å². The first-order chi connectivity index (χ1) is 13.3. The van der Waals surface area contributed by atoms with Crippen LogP contribution in [0.1, 0.15) is 39.5 Å². The van der Waals surface area contributed by atoms with E-state index < -0.39 is 22.2 Å². The van der Waals surface area contributed by atoms with Gasteiger partial charge in [0.1, 0.15) is 6.04 Å². The number of hydrogen-bond donors (Lipinski definition) is 1. The highest BCUT2D eigenvalue weighted by Crippen LogP contribution is 2.24. The predicted molar refractivity (Wildman–Crippen MR) is 109 cm³/mol. The van der Waals surface area contributed by atoms with Gasteiger partial charge in [0.05, 0.1) is 12.4 Å². The Morgan fingerprint density at radius 2 is 1.89 bits per heavy atom. The Morgan fingerprint density at radius 1 is 1.21 bits per heavy atom. The predicted octanol–water partition coefficient (Wildman–Crippen LogP) is 2.81. The molecule has 1 aliphatic heterocycles. The highest BCUT2D eigenvalue weighted by atomic mass is 32.2. The molecule has 1 heterocycles. The number of nitrogens with one attached hydrogen (secondary N) is 1. The van der Waals surface area contributed by atoms with Gasteiger partial charge in [0.15, 0.2) is 0 Å². The lowest BCUT2D eigenvalue weighted by molar-refractivity contribution is -0.120. The van der Waals surface area contributed by atoms with Crippen molar-refractivity contribution in [1.82, 2.24) is 4.31 Å². The van der Waals surface area contributed by atoms with E-state index in [2.05, 4.69) is 5.32 Å². The molecule has 1 saturated heterocycles. The van der Waals surface area contributed by atoms with E-state index >= 15 is 0 Å². The number of anilines is 2. The lowest BCUT2D eigenvalue weighted by atomic mass is 10.0. The third kappa shape index (κ3) is 5.45. The van der Waals surface area contributed by atoms with Crippen LogP contribution >= 0.6 is 0 Å². The van der Waals surface area contributed by atoms with Gasteiger partial charge in [-0.05, 0) is 50.5 Å². The Balaban J connectivity index is 2.07. The number of carbonyl (C=O) groups is 2. The molecule has 0 spiro atoms. The van der Waals surface area contributed by atoms with Crippen molar-refractivity contribution in [3.8, 4) is 0 Å². The maximum absolute atomic E-state index is 12.7. The number of carbonyl (C=O) groups excluding carboxylic acids is 2. The van der Waals surface area contributed by atoms with Crippen LogP contribution in [0.4, 0.5) is 16.2 Å². The lowest BCUT2D eigenvalue weighted by Gasteiger charge is -2.33. The van der Waals surface area contributed by atoms with Crippen molar-refractivity contribution in [1.29, 1.82) is 0 Å².